The van der Waals surface area contributed by atoms with Crippen LogP contribution in [0.1, 0.15) is 51.9 Å². The van der Waals surface area contributed by atoms with E-state index in [1.165, 1.54) is 44.9 Å². The van der Waals surface area contributed by atoms with Gasteiger partial charge in [-0.05, 0) is 18.6 Å². The lowest BCUT2D eigenvalue weighted by molar-refractivity contribution is 0.136. The summed E-state index contributed by atoms with van der Waals surface area (Å²) in [6.45, 7) is 4.87. The van der Waals surface area contributed by atoms with E-state index < -0.39 is 10.4 Å². The number of ether oxygens (including phenoxy) is 1. The van der Waals surface area contributed by atoms with E-state index in [1.54, 1.807) is 4.90 Å². The summed E-state index contributed by atoms with van der Waals surface area (Å²) in [4.78, 5) is 1.79. The molecule has 0 saturated carbocycles. The standard InChI is InChI=1S/C15H24O.C6H15NO3.H2O4S/c1-2-3-4-5-6-7-11-14-16-15-12-9-8-10-13-15;8-4-1-7(2-5-9)3-6-10;1-5(2,3)4/h8-10,12-13H,2-7,11,14H2,1H3;8-10H,1-6H2;(H2,1,2,3,4). The molecule has 0 heterocycles. The zero-order valence-electron chi connectivity index (χ0n) is 18.6. The second kappa shape index (κ2) is 23.4. The molecule has 1 aromatic carbocycles. The predicted molar refractivity (Wildman–Crippen MR) is 122 cm³/mol. The summed E-state index contributed by atoms with van der Waals surface area (Å²) in [7, 11) is -4.67. The number of hydrogen-bond donors (Lipinski definition) is 5. The first-order valence-electron chi connectivity index (χ1n) is 10.7. The second-order valence-electron chi connectivity index (χ2n) is 6.74. The largest absolute Gasteiger partial charge is 0.494 e. The van der Waals surface area contributed by atoms with Crippen LogP contribution in [0.5, 0.6) is 5.75 Å². The lowest BCUT2D eigenvalue weighted by atomic mass is 10.1. The van der Waals surface area contributed by atoms with Gasteiger partial charge in [-0.3, -0.25) is 14.0 Å². The van der Waals surface area contributed by atoms with Crippen molar-refractivity contribution < 1.29 is 37.6 Å². The van der Waals surface area contributed by atoms with Crippen molar-refractivity contribution in [3.8, 4) is 5.75 Å². The molecule has 0 aliphatic heterocycles. The van der Waals surface area contributed by atoms with E-state index >= 15 is 0 Å². The van der Waals surface area contributed by atoms with Crippen LogP contribution >= 0.6 is 0 Å². The van der Waals surface area contributed by atoms with Gasteiger partial charge >= 0.3 is 10.4 Å². The van der Waals surface area contributed by atoms with E-state index in [9.17, 15) is 0 Å². The highest BCUT2D eigenvalue weighted by Crippen LogP contribution is 2.10. The summed E-state index contributed by atoms with van der Waals surface area (Å²) >= 11 is 0. The van der Waals surface area contributed by atoms with Crippen LogP contribution in [0.25, 0.3) is 0 Å². The van der Waals surface area contributed by atoms with Gasteiger partial charge in [0.05, 0.1) is 26.4 Å². The van der Waals surface area contributed by atoms with Crippen molar-refractivity contribution in [2.45, 2.75) is 51.9 Å². The summed E-state index contributed by atoms with van der Waals surface area (Å²) in [5, 5.41) is 25.5. The quantitative estimate of drug-likeness (QED) is 0.194. The molecule has 10 heteroatoms. The van der Waals surface area contributed by atoms with Crippen molar-refractivity contribution >= 4 is 10.4 Å². The van der Waals surface area contributed by atoms with Crippen LogP contribution in [0, 0.1) is 0 Å². The van der Waals surface area contributed by atoms with Gasteiger partial charge in [-0.15, -0.1) is 0 Å². The molecule has 1 aromatic rings. The lowest BCUT2D eigenvalue weighted by Gasteiger charge is -2.17. The molecule has 5 N–H and O–H groups in total. The Labute approximate surface area is 187 Å². The van der Waals surface area contributed by atoms with Gasteiger partial charge in [-0.2, -0.15) is 8.42 Å². The number of benzene rings is 1. The summed E-state index contributed by atoms with van der Waals surface area (Å²) in [5.74, 6) is 0.994. The SMILES string of the molecule is CCCCCCCCCOc1ccccc1.O=S(=O)(O)O.OCCN(CCO)CCO. The van der Waals surface area contributed by atoms with Gasteiger partial charge < -0.3 is 20.1 Å². The van der Waals surface area contributed by atoms with Crippen molar-refractivity contribution in [1.82, 2.24) is 4.90 Å². The van der Waals surface area contributed by atoms with E-state index in [-0.39, 0.29) is 19.8 Å². The molecule has 0 radical (unpaired) electrons. The molecule has 0 aromatic heterocycles. The Morgan fingerprint density at radius 2 is 1.19 bits per heavy atom. The fourth-order valence-corrected chi connectivity index (χ4v) is 2.53. The zero-order chi connectivity index (χ0) is 23.8. The molecule has 0 saturated heterocycles. The van der Waals surface area contributed by atoms with Crippen molar-refractivity contribution in [3.05, 3.63) is 30.3 Å². The Bertz CT molecular complexity index is 550. The number of nitrogens with zero attached hydrogens (tertiary/aromatic N) is 1. The normalized spacial score (nSPS) is 10.7. The molecule has 0 atom stereocenters. The fraction of sp³-hybridized carbons (Fsp3) is 0.714. The van der Waals surface area contributed by atoms with Crippen LogP contribution in [0.2, 0.25) is 0 Å². The number of rotatable bonds is 15. The maximum Gasteiger partial charge on any atom is 0.394 e. The third kappa shape index (κ3) is 31.0. The highest BCUT2D eigenvalue weighted by atomic mass is 32.3. The first kappa shape index (κ1) is 31.9. The molecule has 0 aliphatic carbocycles. The smallest absolute Gasteiger partial charge is 0.394 e. The van der Waals surface area contributed by atoms with E-state index in [0.717, 1.165) is 12.4 Å². The van der Waals surface area contributed by atoms with Gasteiger partial charge in [-0.25, -0.2) is 0 Å². The number of aliphatic hydroxyl groups excluding tert-OH is 3. The molecule has 9 nitrogen and oxygen atoms in total. The van der Waals surface area contributed by atoms with Gasteiger partial charge in [0.15, 0.2) is 0 Å². The van der Waals surface area contributed by atoms with Crippen molar-refractivity contribution in [3.63, 3.8) is 0 Å². The van der Waals surface area contributed by atoms with Crippen LogP contribution in [-0.2, 0) is 10.4 Å². The molecular formula is C21H41NO8S. The molecule has 0 bridgehead atoms. The van der Waals surface area contributed by atoms with Gasteiger partial charge in [0.25, 0.3) is 0 Å². The number of hydrogen-bond acceptors (Lipinski definition) is 7. The monoisotopic (exact) mass is 467 g/mol. The topological polar surface area (TPSA) is 148 Å². The molecule has 1 rings (SSSR count). The van der Waals surface area contributed by atoms with Gasteiger partial charge in [0.1, 0.15) is 5.75 Å². The van der Waals surface area contributed by atoms with Gasteiger partial charge in [0, 0.05) is 19.6 Å². The maximum absolute atomic E-state index is 8.74. The van der Waals surface area contributed by atoms with E-state index in [2.05, 4.69) is 6.92 Å². The molecule has 0 fully saturated rings. The Hall–Kier alpha value is -1.27. The van der Waals surface area contributed by atoms with Crippen molar-refractivity contribution in [2.75, 3.05) is 46.1 Å². The molecule has 184 valence electrons. The zero-order valence-corrected chi connectivity index (χ0v) is 19.4. The van der Waals surface area contributed by atoms with Crippen molar-refractivity contribution in [1.29, 1.82) is 0 Å². The Morgan fingerprint density at radius 1 is 0.774 bits per heavy atom. The molecule has 0 spiro atoms. The first-order valence-corrected chi connectivity index (χ1v) is 12.1. The van der Waals surface area contributed by atoms with Crippen molar-refractivity contribution in [2.24, 2.45) is 0 Å². The summed E-state index contributed by atoms with van der Waals surface area (Å²) in [6, 6.07) is 10.1. The number of para-hydroxylation sites is 1. The Morgan fingerprint density at radius 3 is 1.61 bits per heavy atom. The summed E-state index contributed by atoms with van der Waals surface area (Å²) in [5.41, 5.74) is 0. The average Bonchev–Trinajstić information content (AvgIpc) is 2.71. The van der Waals surface area contributed by atoms with E-state index in [0.29, 0.717) is 19.6 Å². The van der Waals surface area contributed by atoms with Crippen LogP contribution < -0.4 is 4.74 Å². The summed E-state index contributed by atoms with van der Waals surface area (Å²) < 4.78 is 37.2. The first-order chi connectivity index (χ1) is 14.8. The molecule has 0 unspecified atom stereocenters. The lowest BCUT2D eigenvalue weighted by Crippen LogP contribution is -2.32. The highest BCUT2D eigenvalue weighted by molar-refractivity contribution is 7.79. The third-order valence-electron chi connectivity index (χ3n) is 4.01. The minimum absolute atomic E-state index is 0.0694. The van der Waals surface area contributed by atoms with Crippen LogP contribution in [0.15, 0.2) is 30.3 Å². The van der Waals surface area contributed by atoms with E-state index in [4.69, 9.17) is 37.6 Å². The maximum atomic E-state index is 8.74. The number of unbranched alkanes of at least 4 members (excludes halogenated alkanes) is 6. The van der Waals surface area contributed by atoms with E-state index in [1.807, 2.05) is 30.3 Å². The molecular weight excluding hydrogens is 426 g/mol. The Kier molecular flexibility index (Phi) is 24.1. The molecule has 31 heavy (non-hydrogen) atoms. The Balaban J connectivity index is 0. The van der Waals surface area contributed by atoms with Gasteiger partial charge in [-0.1, -0.05) is 63.6 Å². The predicted octanol–water partition coefficient (Wildman–Crippen LogP) is 2.43. The fourth-order valence-electron chi connectivity index (χ4n) is 2.53. The van der Waals surface area contributed by atoms with Crippen LogP contribution in [-0.4, -0.2) is 83.8 Å². The minimum atomic E-state index is -4.67. The minimum Gasteiger partial charge on any atom is -0.494 e. The number of aliphatic hydroxyl groups is 3. The van der Waals surface area contributed by atoms with Crippen LogP contribution in [0.3, 0.4) is 0 Å². The summed E-state index contributed by atoms with van der Waals surface area (Å²) in [6.07, 6.45) is 9.35. The third-order valence-corrected chi connectivity index (χ3v) is 4.01. The van der Waals surface area contributed by atoms with Crippen LogP contribution in [0.4, 0.5) is 0 Å². The molecule has 0 aliphatic rings. The average molecular weight is 468 g/mol. The molecule has 0 amide bonds. The van der Waals surface area contributed by atoms with Gasteiger partial charge in [0.2, 0.25) is 0 Å². The highest BCUT2D eigenvalue weighted by Gasteiger charge is 2.00. The second-order valence-corrected chi connectivity index (χ2v) is 7.64.